The van der Waals surface area contributed by atoms with Crippen LogP contribution in [0.5, 0.6) is 0 Å². The van der Waals surface area contributed by atoms with E-state index in [1.807, 2.05) is 5.38 Å². The first-order chi connectivity index (χ1) is 10.1. The number of hydrogen-bond acceptors (Lipinski definition) is 4. The smallest absolute Gasteiger partial charge is 0.358 e. The normalized spacial score (nSPS) is 10.8. The molecular formula is C14H7BrFNO3S. The van der Waals surface area contributed by atoms with Crippen molar-refractivity contribution in [1.29, 1.82) is 0 Å². The molecule has 0 aliphatic heterocycles. The third kappa shape index (κ3) is 2.50. The Labute approximate surface area is 131 Å². The molecule has 2 heterocycles. The summed E-state index contributed by atoms with van der Waals surface area (Å²) in [6.07, 6.45) is 0. The van der Waals surface area contributed by atoms with Gasteiger partial charge in [0.2, 0.25) is 5.89 Å². The van der Waals surface area contributed by atoms with E-state index in [4.69, 9.17) is 4.42 Å². The Kier molecular flexibility index (Phi) is 3.60. The lowest BCUT2D eigenvalue weighted by Crippen LogP contribution is -2.00. The zero-order valence-corrected chi connectivity index (χ0v) is 12.7. The molecule has 7 heteroatoms. The van der Waals surface area contributed by atoms with Crippen LogP contribution in [0.1, 0.15) is 10.5 Å². The van der Waals surface area contributed by atoms with Gasteiger partial charge < -0.3 is 9.52 Å². The quantitative estimate of drug-likeness (QED) is 0.730. The minimum Gasteiger partial charge on any atom is -0.476 e. The van der Waals surface area contributed by atoms with Crippen molar-refractivity contribution in [2.45, 2.75) is 0 Å². The Hall–Kier alpha value is -1.99. The van der Waals surface area contributed by atoms with Gasteiger partial charge in [-0.15, -0.1) is 11.3 Å². The summed E-state index contributed by atoms with van der Waals surface area (Å²) in [6.45, 7) is 0. The summed E-state index contributed by atoms with van der Waals surface area (Å²) in [5.74, 6) is -1.80. The Morgan fingerprint density at radius 2 is 2.14 bits per heavy atom. The summed E-state index contributed by atoms with van der Waals surface area (Å²) in [5, 5.41) is 11.1. The van der Waals surface area contributed by atoms with Gasteiger partial charge in [-0.25, -0.2) is 14.2 Å². The molecule has 3 rings (SSSR count). The number of aromatic nitrogens is 1. The number of halogens is 2. The minimum atomic E-state index is -1.27. The fraction of sp³-hybridized carbons (Fsp3) is 0. The Morgan fingerprint density at radius 3 is 2.76 bits per heavy atom. The van der Waals surface area contributed by atoms with Crippen molar-refractivity contribution < 1.29 is 18.7 Å². The van der Waals surface area contributed by atoms with Crippen LogP contribution in [0, 0.1) is 5.82 Å². The summed E-state index contributed by atoms with van der Waals surface area (Å²) in [5.41, 5.74) is -0.269. The second-order valence-corrected chi connectivity index (χ2v) is 5.88. The number of carboxylic acids is 1. The zero-order valence-electron chi connectivity index (χ0n) is 10.3. The third-order valence-electron chi connectivity index (χ3n) is 2.75. The lowest BCUT2D eigenvalue weighted by atomic mass is 10.1. The number of nitrogens with zero attached hydrogens (tertiary/aromatic N) is 1. The Balaban J connectivity index is 2.25. The van der Waals surface area contributed by atoms with Gasteiger partial charge in [-0.2, -0.15) is 0 Å². The van der Waals surface area contributed by atoms with Crippen LogP contribution in [-0.2, 0) is 0 Å². The van der Waals surface area contributed by atoms with E-state index in [1.54, 1.807) is 18.2 Å². The number of aromatic carboxylic acids is 1. The molecule has 0 aliphatic carbocycles. The number of carbonyl (C=O) groups is 1. The van der Waals surface area contributed by atoms with Crippen LogP contribution < -0.4 is 0 Å². The van der Waals surface area contributed by atoms with Crippen molar-refractivity contribution in [2.75, 3.05) is 0 Å². The molecule has 3 aromatic rings. The fourth-order valence-electron chi connectivity index (χ4n) is 1.85. The van der Waals surface area contributed by atoms with Crippen molar-refractivity contribution in [1.82, 2.24) is 4.98 Å². The van der Waals surface area contributed by atoms with Crippen LogP contribution in [0.3, 0.4) is 0 Å². The molecule has 0 unspecified atom stereocenters. The SMILES string of the molecule is O=C(O)c1nc(-c2cccs2)oc1-c1c(F)cccc1Br. The van der Waals surface area contributed by atoms with E-state index in [2.05, 4.69) is 20.9 Å². The molecule has 2 aromatic heterocycles. The molecular weight excluding hydrogens is 361 g/mol. The predicted molar refractivity (Wildman–Crippen MR) is 79.9 cm³/mol. The molecule has 1 N–H and O–H groups in total. The molecule has 106 valence electrons. The number of rotatable bonds is 3. The highest BCUT2D eigenvalue weighted by Gasteiger charge is 2.25. The van der Waals surface area contributed by atoms with Crippen molar-refractivity contribution in [2.24, 2.45) is 0 Å². The molecule has 0 aliphatic rings. The van der Waals surface area contributed by atoms with Crippen LogP contribution in [0.15, 0.2) is 44.6 Å². The maximum Gasteiger partial charge on any atom is 0.358 e. The zero-order chi connectivity index (χ0) is 15.0. The van der Waals surface area contributed by atoms with Gasteiger partial charge in [0, 0.05) is 4.47 Å². The first-order valence-electron chi connectivity index (χ1n) is 5.80. The molecule has 21 heavy (non-hydrogen) atoms. The van der Waals surface area contributed by atoms with E-state index in [0.29, 0.717) is 9.35 Å². The third-order valence-corrected chi connectivity index (χ3v) is 4.27. The van der Waals surface area contributed by atoms with E-state index < -0.39 is 11.8 Å². The monoisotopic (exact) mass is 367 g/mol. The summed E-state index contributed by atoms with van der Waals surface area (Å²) in [6, 6.07) is 7.90. The summed E-state index contributed by atoms with van der Waals surface area (Å²) < 4.78 is 19.9. The standard InChI is InChI=1S/C14H7BrFNO3S/c15-7-3-1-4-8(16)10(7)12-11(14(18)19)17-13(20-12)9-5-2-6-21-9/h1-6H,(H,18,19). The van der Waals surface area contributed by atoms with Crippen LogP contribution >= 0.6 is 27.3 Å². The van der Waals surface area contributed by atoms with E-state index >= 15 is 0 Å². The van der Waals surface area contributed by atoms with Gasteiger partial charge >= 0.3 is 5.97 Å². The average Bonchev–Trinajstić information content (AvgIpc) is 3.07. The molecule has 0 saturated heterocycles. The highest BCUT2D eigenvalue weighted by atomic mass is 79.9. The van der Waals surface area contributed by atoms with Crippen molar-refractivity contribution in [3.05, 3.63) is 51.7 Å². The van der Waals surface area contributed by atoms with Crippen molar-refractivity contribution >= 4 is 33.2 Å². The van der Waals surface area contributed by atoms with Gasteiger partial charge in [-0.05, 0) is 39.5 Å². The number of hydrogen-bond donors (Lipinski definition) is 1. The van der Waals surface area contributed by atoms with Crippen molar-refractivity contribution in [3.8, 4) is 22.1 Å². The first kappa shape index (κ1) is 14.0. The van der Waals surface area contributed by atoms with Gasteiger partial charge in [-0.1, -0.05) is 12.1 Å². The van der Waals surface area contributed by atoms with Crippen LogP contribution in [-0.4, -0.2) is 16.1 Å². The number of benzene rings is 1. The van der Waals surface area contributed by atoms with Gasteiger partial charge in [0.25, 0.3) is 0 Å². The second kappa shape index (κ2) is 5.42. The molecule has 1 aromatic carbocycles. The molecule has 0 radical (unpaired) electrons. The van der Waals surface area contributed by atoms with Crippen LogP contribution in [0.2, 0.25) is 0 Å². The number of thiophene rings is 1. The molecule has 0 bridgehead atoms. The van der Waals surface area contributed by atoms with E-state index in [0.717, 1.165) is 0 Å². The Morgan fingerprint density at radius 1 is 1.33 bits per heavy atom. The van der Waals surface area contributed by atoms with Gasteiger partial charge in [0.05, 0.1) is 10.4 Å². The Bertz CT molecular complexity index is 793. The van der Waals surface area contributed by atoms with Crippen molar-refractivity contribution in [3.63, 3.8) is 0 Å². The fourth-order valence-corrected chi connectivity index (χ4v) is 3.03. The maximum atomic E-state index is 14.0. The average molecular weight is 368 g/mol. The van der Waals surface area contributed by atoms with E-state index in [9.17, 15) is 14.3 Å². The first-order valence-corrected chi connectivity index (χ1v) is 7.47. The van der Waals surface area contributed by atoms with E-state index in [-0.39, 0.29) is 22.9 Å². The lowest BCUT2D eigenvalue weighted by molar-refractivity contribution is 0.0691. The van der Waals surface area contributed by atoms with Gasteiger partial charge in [0.15, 0.2) is 11.5 Å². The summed E-state index contributed by atoms with van der Waals surface area (Å²) >= 11 is 4.57. The number of carboxylic acid groups (broad SMARTS) is 1. The summed E-state index contributed by atoms with van der Waals surface area (Å²) in [4.78, 5) is 16.0. The largest absolute Gasteiger partial charge is 0.476 e. The molecule has 0 saturated carbocycles. The maximum absolute atomic E-state index is 14.0. The summed E-state index contributed by atoms with van der Waals surface area (Å²) in [7, 11) is 0. The van der Waals surface area contributed by atoms with Gasteiger partial charge in [0.1, 0.15) is 5.82 Å². The van der Waals surface area contributed by atoms with E-state index in [1.165, 1.54) is 23.5 Å². The predicted octanol–water partition coefficient (Wildman–Crippen LogP) is 4.67. The van der Waals surface area contributed by atoms with Crippen LogP contribution in [0.25, 0.3) is 22.1 Å². The minimum absolute atomic E-state index is 0.0465. The molecule has 0 amide bonds. The molecule has 0 spiro atoms. The topological polar surface area (TPSA) is 63.3 Å². The second-order valence-electron chi connectivity index (χ2n) is 4.08. The molecule has 0 fully saturated rings. The van der Waals surface area contributed by atoms with Crippen LogP contribution in [0.4, 0.5) is 4.39 Å². The highest BCUT2D eigenvalue weighted by molar-refractivity contribution is 9.10. The lowest BCUT2D eigenvalue weighted by Gasteiger charge is -2.03. The number of oxazole rings is 1. The molecule has 0 atom stereocenters. The highest BCUT2D eigenvalue weighted by Crippen LogP contribution is 2.36. The van der Waals surface area contributed by atoms with Gasteiger partial charge in [-0.3, -0.25) is 0 Å². The molecule has 4 nitrogen and oxygen atoms in total.